The van der Waals surface area contributed by atoms with Crippen molar-refractivity contribution in [3.63, 3.8) is 0 Å². The highest BCUT2D eigenvalue weighted by molar-refractivity contribution is 5.86. The van der Waals surface area contributed by atoms with Crippen LogP contribution in [0.5, 0.6) is 0 Å². The number of nitrogens with one attached hydrogen (secondary N) is 2. The van der Waals surface area contributed by atoms with Crippen LogP contribution in [0.15, 0.2) is 30.3 Å². The largest absolute Gasteiger partial charge is 0.344 e. The molecule has 104 valence electrons. The Labute approximate surface area is 113 Å². The summed E-state index contributed by atoms with van der Waals surface area (Å²) in [6.07, 6.45) is 0. The zero-order valence-electron chi connectivity index (χ0n) is 11.5. The fourth-order valence-corrected chi connectivity index (χ4v) is 1.58. The molecule has 0 aliphatic carbocycles. The van der Waals surface area contributed by atoms with Crippen molar-refractivity contribution < 1.29 is 14.4 Å². The second-order valence-corrected chi connectivity index (χ2v) is 4.66. The summed E-state index contributed by atoms with van der Waals surface area (Å²) in [7, 11) is 0. The summed E-state index contributed by atoms with van der Waals surface area (Å²) in [6, 6.07) is 8.92. The molecule has 2 N–H and O–H groups in total. The molecular weight excluding hydrogens is 244 g/mol. The first-order valence-electron chi connectivity index (χ1n) is 6.23. The molecule has 0 aromatic heterocycles. The van der Waals surface area contributed by atoms with Crippen LogP contribution in [0.25, 0.3) is 0 Å². The SMILES string of the molecule is CC(=O)NC(C(=O)NOCc1ccccc1)C(C)C. The average Bonchev–Trinajstić information content (AvgIpc) is 2.36. The number of amides is 2. The molecule has 19 heavy (non-hydrogen) atoms. The van der Waals surface area contributed by atoms with Crippen molar-refractivity contribution in [1.29, 1.82) is 0 Å². The Morgan fingerprint density at radius 1 is 1.21 bits per heavy atom. The van der Waals surface area contributed by atoms with Gasteiger partial charge in [-0.05, 0) is 11.5 Å². The zero-order chi connectivity index (χ0) is 14.3. The number of rotatable bonds is 6. The van der Waals surface area contributed by atoms with E-state index in [1.165, 1.54) is 6.92 Å². The second kappa shape index (κ2) is 7.53. The highest BCUT2D eigenvalue weighted by Crippen LogP contribution is 2.03. The Bertz CT molecular complexity index is 418. The third-order valence-corrected chi connectivity index (χ3v) is 2.56. The van der Waals surface area contributed by atoms with Crippen LogP contribution in [-0.4, -0.2) is 17.9 Å². The smallest absolute Gasteiger partial charge is 0.266 e. The fourth-order valence-electron chi connectivity index (χ4n) is 1.58. The van der Waals surface area contributed by atoms with Gasteiger partial charge in [0, 0.05) is 6.92 Å². The third kappa shape index (κ3) is 5.52. The highest BCUT2D eigenvalue weighted by atomic mass is 16.6. The maximum absolute atomic E-state index is 11.9. The van der Waals surface area contributed by atoms with Gasteiger partial charge in [0.2, 0.25) is 5.91 Å². The Morgan fingerprint density at radius 2 is 1.84 bits per heavy atom. The molecule has 5 nitrogen and oxygen atoms in total. The van der Waals surface area contributed by atoms with Gasteiger partial charge in [-0.15, -0.1) is 0 Å². The normalized spacial score (nSPS) is 12.0. The summed E-state index contributed by atoms with van der Waals surface area (Å²) in [5.41, 5.74) is 3.33. The van der Waals surface area contributed by atoms with Crippen LogP contribution in [0.2, 0.25) is 0 Å². The molecule has 5 heteroatoms. The molecule has 1 atom stereocenters. The zero-order valence-corrected chi connectivity index (χ0v) is 11.5. The van der Waals surface area contributed by atoms with E-state index in [2.05, 4.69) is 10.8 Å². The molecule has 0 spiro atoms. The maximum Gasteiger partial charge on any atom is 0.266 e. The lowest BCUT2D eigenvalue weighted by molar-refractivity contribution is -0.140. The third-order valence-electron chi connectivity index (χ3n) is 2.56. The number of hydrogen-bond donors (Lipinski definition) is 2. The number of carbonyl (C=O) groups excluding carboxylic acids is 2. The maximum atomic E-state index is 11.9. The van der Waals surface area contributed by atoms with E-state index in [1.54, 1.807) is 0 Å². The Hall–Kier alpha value is -1.88. The van der Waals surface area contributed by atoms with Crippen LogP contribution in [0.1, 0.15) is 26.3 Å². The highest BCUT2D eigenvalue weighted by Gasteiger charge is 2.22. The first kappa shape index (κ1) is 15.2. The summed E-state index contributed by atoms with van der Waals surface area (Å²) < 4.78 is 0. The topological polar surface area (TPSA) is 67.4 Å². The fraction of sp³-hybridized carbons (Fsp3) is 0.429. The molecule has 1 rings (SSSR count). The van der Waals surface area contributed by atoms with E-state index < -0.39 is 6.04 Å². The molecule has 0 aliphatic rings. The van der Waals surface area contributed by atoms with E-state index in [9.17, 15) is 9.59 Å². The van der Waals surface area contributed by atoms with Crippen LogP contribution in [0.3, 0.4) is 0 Å². The molecule has 0 saturated carbocycles. The molecule has 1 aromatic carbocycles. The number of hydroxylamine groups is 1. The van der Waals surface area contributed by atoms with Gasteiger partial charge < -0.3 is 5.32 Å². The van der Waals surface area contributed by atoms with Gasteiger partial charge >= 0.3 is 0 Å². The van der Waals surface area contributed by atoms with Crippen molar-refractivity contribution in [1.82, 2.24) is 10.8 Å². The number of hydrogen-bond acceptors (Lipinski definition) is 3. The van der Waals surface area contributed by atoms with Gasteiger partial charge in [0.1, 0.15) is 6.04 Å². The Balaban J connectivity index is 2.42. The quantitative estimate of drug-likeness (QED) is 0.763. The molecule has 0 radical (unpaired) electrons. The minimum absolute atomic E-state index is 0.00998. The minimum atomic E-state index is -0.590. The van der Waals surface area contributed by atoms with Crippen molar-refractivity contribution in [3.8, 4) is 0 Å². The minimum Gasteiger partial charge on any atom is -0.344 e. The van der Waals surface area contributed by atoms with Crippen LogP contribution < -0.4 is 10.8 Å². The number of carbonyl (C=O) groups is 2. The van der Waals surface area contributed by atoms with E-state index in [1.807, 2.05) is 44.2 Å². The molecule has 0 heterocycles. The van der Waals surface area contributed by atoms with Crippen LogP contribution >= 0.6 is 0 Å². The molecular formula is C14H20N2O3. The standard InChI is InChI=1S/C14H20N2O3/c1-10(2)13(15-11(3)17)14(18)16-19-9-12-7-5-4-6-8-12/h4-8,10,13H,9H2,1-3H3,(H,15,17)(H,16,18). The van der Waals surface area contributed by atoms with Crippen LogP contribution in [0, 0.1) is 5.92 Å². The van der Waals surface area contributed by atoms with E-state index in [0.29, 0.717) is 0 Å². The summed E-state index contributed by atoms with van der Waals surface area (Å²) in [4.78, 5) is 28.0. The summed E-state index contributed by atoms with van der Waals surface area (Å²) in [5, 5.41) is 2.60. The van der Waals surface area contributed by atoms with Gasteiger partial charge in [-0.2, -0.15) is 0 Å². The Morgan fingerprint density at radius 3 is 2.37 bits per heavy atom. The monoisotopic (exact) mass is 264 g/mol. The van der Waals surface area contributed by atoms with Crippen molar-refractivity contribution in [2.24, 2.45) is 5.92 Å². The van der Waals surface area contributed by atoms with Crippen molar-refractivity contribution >= 4 is 11.8 Å². The lowest BCUT2D eigenvalue weighted by Crippen LogP contribution is -2.48. The summed E-state index contributed by atoms with van der Waals surface area (Å²) in [6.45, 7) is 5.39. The summed E-state index contributed by atoms with van der Waals surface area (Å²) >= 11 is 0. The van der Waals surface area contributed by atoms with Gasteiger partial charge in [0.15, 0.2) is 0 Å². The molecule has 0 fully saturated rings. The molecule has 2 amide bonds. The summed E-state index contributed by atoms with van der Waals surface area (Å²) in [5.74, 6) is -0.595. The Kier molecular flexibility index (Phi) is 6.02. The van der Waals surface area contributed by atoms with Crippen LogP contribution in [-0.2, 0) is 21.0 Å². The van der Waals surface area contributed by atoms with Gasteiger partial charge in [-0.3, -0.25) is 14.4 Å². The second-order valence-electron chi connectivity index (χ2n) is 4.66. The predicted molar refractivity (Wildman–Crippen MR) is 71.8 cm³/mol. The molecule has 1 aromatic rings. The van der Waals surface area contributed by atoms with Gasteiger partial charge in [0.25, 0.3) is 5.91 Å². The van der Waals surface area contributed by atoms with Crippen molar-refractivity contribution in [2.75, 3.05) is 0 Å². The average molecular weight is 264 g/mol. The van der Waals surface area contributed by atoms with E-state index in [-0.39, 0.29) is 24.3 Å². The van der Waals surface area contributed by atoms with E-state index in [0.717, 1.165) is 5.56 Å². The predicted octanol–water partition coefficient (Wildman–Crippen LogP) is 1.40. The first-order valence-corrected chi connectivity index (χ1v) is 6.23. The van der Waals surface area contributed by atoms with Gasteiger partial charge in [-0.1, -0.05) is 44.2 Å². The lowest BCUT2D eigenvalue weighted by atomic mass is 10.0. The molecule has 0 aliphatic heterocycles. The van der Waals surface area contributed by atoms with Crippen molar-refractivity contribution in [3.05, 3.63) is 35.9 Å². The molecule has 0 saturated heterocycles. The number of benzene rings is 1. The van der Waals surface area contributed by atoms with Crippen LogP contribution in [0.4, 0.5) is 0 Å². The lowest BCUT2D eigenvalue weighted by Gasteiger charge is -2.20. The van der Waals surface area contributed by atoms with Gasteiger partial charge in [0.05, 0.1) is 6.61 Å². The molecule has 1 unspecified atom stereocenters. The van der Waals surface area contributed by atoms with E-state index in [4.69, 9.17) is 4.84 Å². The van der Waals surface area contributed by atoms with Crippen molar-refractivity contribution in [2.45, 2.75) is 33.4 Å². The van der Waals surface area contributed by atoms with Gasteiger partial charge in [-0.25, -0.2) is 5.48 Å². The van der Waals surface area contributed by atoms with E-state index >= 15 is 0 Å². The molecule has 0 bridgehead atoms. The first-order chi connectivity index (χ1) is 9.00.